The maximum absolute atomic E-state index is 12.4. The zero-order valence-corrected chi connectivity index (χ0v) is 16.3. The Morgan fingerprint density at radius 1 is 1.30 bits per heavy atom. The summed E-state index contributed by atoms with van der Waals surface area (Å²) in [5, 5.41) is 13.0. The number of ether oxygens (including phenoxy) is 1. The lowest BCUT2D eigenvalue weighted by Crippen LogP contribution is -2.29. The normalized spacial score (nSPS) is 10.7. The third-order valence-electron chi connectivity index (χ3n) is 3.53. The third-order valence-corrected chi connectivity index (χ3v) is 5.57. The number of hydrogen-bond donors (Lipinski definition) is 1. The number of nitrogens with zero attached hydrogens (tertiary/aromatic N) is 4. The summed E-state index contributed by atoms with van der Waals surface area (Å²) >= 11 is 2.64. The van der Waals surface area contributed by atoms with E-state index in [2.05, 4.69) is 15.7 Å². The molecule has 1 N–H and O–H groups in total. The van der Waals surface area contributed by atoms with E-state index >= 15 is 0 Å². The molecule has 0 fully saturated rings. The van der Waals surface area contributed by atoms with Crippen LogP contribution in [0.5, 0.6) is 0 Å². The Hall–Kier alpha value is -2.79. The van der Waals surface area contributed by atoms with Crippen molar-refractivity contribution in [2.45, 2.75) is 26.8 Å². The van der Waals surface area contributed by atoms with Crippen LogP contribution in [-0.4, -0.2) is 38.3 Å². The minimum atomic E-state index is -0.515. The summed E-state index contributed by atoms with van der Waals surface area (Å²) in [5.74, 6) is -0.977. The predicted molar refractivity (Wildman–Crippen MR) is 102 cm³/mol. The molecule has 0 aliphatic heterocycles. The average Bonchev–Trinajstić information content (AvgIpc) is 3.36. The molecule has 0 atom stereocenters. The molecule has 3 aromatic rings. The summed E-state index contributed by atoms with van der Waals surface area (Å²) in [6.45, 7) is 3.60. The second kappa shape index (κ2) is 8.27. The lowest BCUT2D eigenvalue weighted by Gasteiger charge is -2.05. The maximum atomic E-state index is 12.4. The maximum Gasteiger partial charge on any atom is 0.369 e. The van der Waals surface area contributed by atoms with Gasteiger partial charge in [-0.3, -0.25) is 4.79 Å². The van der Waals surface area contributed by atoms with E-state index < -0.39 is 17.6 Å². The van der Waals surface area contributed by atoms with Gasteiger partial charge in [-0.25, -0.2) is 9.59 Å². The summed E-state index contributed by atoms with van der Waals surface area (Å²) in [4.78, 5) is 37.7. The van der Waals surface area contributed by atoms with Gasteiger partial charge in [-0.05, 0) is 47.4 Å². The fourth-order valence-electron chi connectivity index (χ4n) is 2.27. The smallest absolute Gasteiger partial charge is 0.369 e. The van der Waals surface area contributed by atoms with Crippen LogP contribution in [0.2, 0.25) is 0 Å². The summed E-state index contributed by atoms with van der Waals surface area (Å²) in [5.41, 5.74) is -0.208. The van der Waals surface area contributed by atoms with Gasteiger partial charge < -0.3 is 10.1 Å². The molecule has 3 aromatic heterocycles. The highest BCUT2D eigenvalue weighted by Gasteiger charge is 2.20. The predicted octanol–water partition coefficient (Wildman–Crippen LogP) is 1.93. The number of nitrogens with one attached hydrogen (secondary N) is 1. The summed E-state index contributed by atoms with van der Waals surface area (Å²) in [7, 11) is 0. The van der Waals surface area contributed by atoms with E-state index in [1.165, 1.54) is 22.7 Å². The summed E-state index contributed by atoms with van der Waals surface area (Å²) < 4.78 is 7.12. The number of esters is 1. The molecule has 9 nitrogen and oxygen atoms in total. The number of amides is 1. The van der Waals surface area contributed by atoms with Gasteiger partial charge in [0.25, 0.3) is 0 Å². The van der Waals surface area contributed by atoms with Gasteiger partial charge >= 0.3 is 11.7 Å². The highest BCUT2D eigenvalue weighted by atomic mass is 32.1. The number of rotatable bonds is 7. The van der Waals surface area contributed by atoms with E-state index in [4.69, 9.17) is 4.74 Å². The topological polar surface area (TPSA) is 108 Å². The van der Waals surface area contributed by atoms with Crippen LogP contribution >= 0.6 is 22.7 Å². The fraction of sp³-hybridized carbons (Fsp3) is 0.312. The van der Waals surface area contributed by atoms with Crippen molar-refractivity contribution in [2.24, 2.45) is 0 Å². The molecule has 0 unspecified atom stereocenters. The third kappa shape index (κ3) is 4.14. The molecule has 27 heavy (non-hydrogen) atoms. The molecular formula is C16H17N5O4S2. The van der Waals surface area contributed by atoms with Crippen molar-refractivity contribution in [3.63, 3.8) is 0 Å². The van der Waals surface area contributed by atoms with Crippen molar-refractivity contribution in [1.29, 1.82) is 0 Å². The first-order valence-corrected chi connectivity index (χ1v) is 9.89. The van der Waals surface area contributed by atoms with Crippen LogP contribution in [0, 0.1) is 0 Å². The second-order valence-electron chi connectivity index (χ2n) is 5.36. The van der Waals surface area contributed by atoms with Crippen molar-refractivity contribution >= 4 is 39.6 Å². The standard InChI is InChI=1S/C16H17N5O4S2/c1-3-10-8-11(15(23)25-4-2)14(27-10)17-12(22)9-20-16(24)21(19-18-20)13-6-5-7-26-13/h5-8H,3-4,9H2,1-2H3,(H,17,22). The van der Waals surface area contributed by atoms with Gasteiger partial charge in [0, 0.05) is 4.88 Å². The zero-order chi connectivity index (χ0) is 19.4. The van der Waals surface area contributed by atoms with E-state index in [1.54, 1.807) is 25.1 Å². The number of tetrazole rings is 1. The Morgan fingerprint density at radius 2 is 2.11 bits per heavy atom. The number of carbonyl (C=O) groups is 2. The van der Waals surface area contributed by atoms with Gasteiger partial charge in [0.05, 0.1) is 12.2 Å². The number of anilines is 1. The van der Waals surface area contributed by atoms with Crippen LogP contribution in [0.25, 0.3) is 5.00 Å². The van der Waals surface area contributed by atoms with Crippen molar-refractivity contribution in [3.05, 3.63) is 44.5 Å². The number of hydrogen-bond acceptors (Lipinski definition) is 8. The summed E-state index contributed by atoms with van der Waals surface area (Å²) in [6, 6.07) is 5.23. The second-order valence-corrected chi connectivity index (χ2v) is 7.42. The highest BCUT2D eigenvalue weighted by molar-refractivity contribution is 7.16. The average molecular weight is 407 g/mol. The molecule has 0 saturated heterocycles. The molecule has 3 heterocycles. The Kier molecular flexibility index (Phi) is 5.81. The van der Waals surface area contributed by atoms with Crippen molar-refractivity contribution in [1.82, 2.24) is 19.8 Å². The SMILES string of the molecule is CCOC(=O)c1cc(CC)sc1NC(=O)Cn1nnn(-c2cccs2)c1=O. The van der Waals surface area contributed by atoms with E-state index in [-0.39, 0.29) is 13.2 Å². The molecule has 0 saturated carbocycles. The van der Waals surface area contributed by atoms with Crippen molar-refractivity contribution < 1.29 is 14.3 Å². The number of aromatic nitrogens is 4. The fourth-order valence-corrected chi connectivity index (χ4v) is 3.94. The number of thiophene rings is 2. The monoisotopic (exact) mass is 407 g/mol. The molecule has 0 aliphatic rings. The van der Waals surface area contributed by atoms with E-state index in [1.807, 2.05) is 12.3 Å². The van der Waals surface area contributed by atoms with E-state index in [0.717, 1.165) is 20.7 Å². The van der Waals surface area contributed by atoms with Gasteiger partial charge in [0.2, 0.25) is 5.91 Å². The number of aryl methyl sites for hydroxylation is 1. The molecule has 11 heteroatoms. The minimum absolute atomic E-state index is 0.241. The first kappa shape index (κ1) is 19.0. The molecule has 0 aliphatic carbocycles. The van der Waals surface area contributed by atoms with Crippen LogP contribution in [0.3, 0.4) is 0 Å². The molecule has 0 bridgehead atoms. The molecule has 3 rings (SSSR count). The van der Waals surface area contributed by atoms with Crippen LogP contribution in [0.1, 0.15) is 29.1 Å². The van der Waals surface area contributed by atoms with Crippen LogP contribution in [0.4, 0.5) is 5.00 Å². The van der Waals surface area contributed by atoms with Gasteiger partial charge in [0.15, 0.2) is 0 Å². The van der Waals surface area contributed by atoms with Crippen molar-refractivity contribution in [2.75, 3.05) is 11.9 Å². The molecule has 0 spiro atoms. The Labute approximate surface area is 162 Å². The largest absolute Gasteiger partial charge is 0.462 e. The van der Waals surface area contributed by atoms with Crippen LogP contribution in [-0.2, 0) is 22.5 Å². The summed E-state index contributed by atoms with van der Waals surface area (Å²) in [6.07, 6.45) is 0.724. The van der Waals surface area contributed by atoms with Gasteiger partial charge in [-0.1, -0.05) is 6.92 Å². The van der Waals surface area contributed by atoms with Gasteiger partial charge in [-0.2, -0.15) is 9.36 Å². The lowest BCUT2D eigenvalue weighted by atomic mass is 10.2. The van der Waals surface area contributed by atoms with E-state index in [0.29, 0.717) is 15.6 Å². The Bertz CT molecular complexity index is 1000. The molecular weight excluding hydrogens is 390 g/mol. The van der Waals surface area contributed by atoms with Crippen LogP contribution < -0.4 is 11.0 Å². The Morgan fingerprint density at radius 3 is 2.78 bits per heavy atom. The van der Waals surface area contributed by atoms with Crippen molar-refractivity contribution in [3.8, 4) is 5.00 Å². The molecule has 0 radical (unpaired) electrons. The van der Waals surface area contributed by atoms with Gasteiger partial charge in [-0.15, -0.1) is 22.7 Å². The molecule has 142 valence electrons. The molecule has 1 amide bonds. The van der Waals surface area contributed by atoms with Gasteiger partial charge in [0.1, 0.15) is 16.5 Å². The Balaban J connectivity index is 1.76. The first-order chi connectivity index (χ1) is 13.0. The minimum Gasteiger partial charge on any atom is -0.462 e. The number of carbonyl (C=O) groups excluding carboxylic acids is 2. The highest BCUT2D eigenvalue weighted by Crippen LogP contribution is 2.29. The quantitative estimate of drug-likeness (QED) is 0.600. The zero-order valence-electron chi connectivity index (χ0n) is 14.7. The first-order valence-electron chi connectivity index (χ1n) is 8.19. The lowest BCUT2D eigenvalue weighted by molar-refractivity contribution is -0.117. The van der Waals surface area contributed by atoms with E-state index in [9.17, 15) is 14.4 Å². The van der Waals surface area contributed by atoms with Crippen LogP contribution in [0.15, 0.2) is 28.4 Å². The molecule has 0 aromatic carbocycles.